The SMILES string of the molecule is CCOc1cc(C2/C(=C(\O)c3ccc([N+](=O)[O-])cc3)C(=O)C(=O)N2c2cccc3ccccc23)ccc1O. The zero-order chi connectivity index (χ0) is 27.0. The minimum atomic E-state index is -1.07. The van der Waals surface area contributed by atoms with Crippen molar-refractivity contribution in [3.63, 3.8) is 0 Å². The fourth-order valence-electron chi connectivity index (χ4n) is 4.68. The van der Waals surface area contributed by atoms with Gasteiger partial charge in [-0.2, -0.15) is 0 Å². The highest BCUT2D eigenvalue weighted by Gasteiger charge is 2.47. The Kier molecular flexibility index (Phi) is 6.26. The lowest BCUT2D eigenvalue weighted by Gasteiger charge is -2.27. The first-order valence-corrected chi connectivity index (χ1v) is 11.8. The van der Waals surface area contributed by atoms with Gasteiger partial charge in [0.2, 0.25) is 0 Å². The number of phenolic OH excluding ortho intramolecular Hbond substituents is 1. The average Bonchev–Trinajstić information content (AvgIpc) is 3.19. The number of hydrogen-bond donors (Lipinski definition) is 2. The zero-order valence-electron chi connectivity index (χ0n) is 20.2. The number of ketones is 1. The summed E-state index contributed by atoms with van der Waals surface area (Å²) in [6.07, 6.45) is 0. The summed E-state index contributed by atoms with van der Waals surface area (Å²) >= 11 is 0. The number of Topliss-reactive ketones (excluding diaryl/α,β-unsaturated/α-hetero) is 1. The lowest BCUT2D eigenvalue weighted by Crippen LogP contribution is -2.29. The molecule has 1 atom stereocenters. The minimum absolute atomic E-state index is 0.118. The number of amides is 1. The Labute approximate surface area is 217 Å². The predicted molar refractivity (Wildman–Crippen MR) is 141 cm³/mol. The van der Waals surface area contributed by atoms with Crippen molar-refractivity contribution in [2.24, 2.45) is 0 Å². The number of ether oxygens (including phenoxy) is 1. The monoisotopic (exact) mass is 510 g/mol. The molecule has 1 heterocycles. The molecule has 9 heteroatoms. The smallest absolute Gasteiger partial charge is 0.300 e. The van der Waals surface area contributed by atoms with Crippen LogP contribution in [0.2, 0.25) is 0 Å². The number of carbonyl (C=O) groups excluding carboxylic acids is 2. The van der Waals surface area contributed by atoms with Crippen molar-refractivity contribution in [1.29, 1.82) is 0 Å². The van der Waals surface area contributed by atoms with E-state index in [0.29, 0.717) is 11.3 Å². The van der Waals surface area contributed by atoms with Crippen molar-refractivity contribution < 1.29 is 29.5 Å². The number of hydrogen-bond acceptors (Lipinski definition) is 7. The lowest BCUT2D eigenvalue weighted by molar-refractivity contribution is -0.384. The highest BCUT2D eigenvalue weighted by Crippen LogP contribution is 2.45. The van der Waals surface area contributed by atoms with Crippen LogP contribution in [0.25, 0.3) is 16.5 Å². The number of non-ortho nitro benzene ring substituents is 1. The number of aliphatic hydroxyl groups is 1. The third kappa shape index (κ3) is 4.09. The average molecular weight is 511 g/mol. The normalized spacial score (nSPS) is 16.7. The van der Waals surface area contributed by atoms with Gasteiger partial charge in [0.25, 0.3) is 17.4 Å². The van der Waals surface area contributed by atoms with Crippen molar-refractivity contribution in [3.8, 4) is 11.5 Å². The second-order valence-corrected chi connectivity index (χ2v) is 8.63. The van der Waals surface area contributed by atoms with Gasteiger partial charge in [-0.05, 0) is 48.2 Å². The van der Waals surface area contributed by atoms with Gasteiger partial charge in [0.05, 0.1) is 28.8 Å². The highest BCUT2D eigenvalue weighted by atomic mass is 16.6. The highest BCUT2D eigenvalue weighted by molar-refractivity contribution is 6.52. The van der Waals surface area contributed by atoms with Crippen LogP contribution in [0.3, 0.4) is 0 Å². The van der Waals surface area contributed by atoms with Crippen molar-refractivity contribution in [2.75, 3.05) is 11.5 Å². The standard InChI is InChI=1S/C29H22N2O7/c1-2-38-24-16-19(12-15-23(24)32)26-25(27(33)18-10-13-20(14-11-18)31(36)37)28(34)29(35)30(26)22-9-5-7-17-6-3-4-8-21(17)22/h3-16,26,32-33H,2H2,1H3/b27-25+. The van der Waals surface area contributed by atoms with Gasteiger partial charge in [-0.15, -0.1) is 0 Å². The van der Waals surface area contributed by atoms with E-state index in [1.807, 2.05) is 30.3 Å². The summed E-state index contributed by atoms with van der Waals surface area (Å²) in [5.41, 5.74) is 0.644. The first-order chi connectivity index (χ1) is 18.3. The van der Waals surface area contributed by atoms with Crippen LogP contribution in [-0.2, 0) is 9.59 Å². The number of nitro groups is 1. The quantitative estimate of drug-likeness (QED) is 0.115. The largest absolute Gasteiger partial charge is 0.507 e. The number of rotatable bonds is 6. The van der Waals surface area contributed by atoms with Gasteiger partial charge in [-0.1, -0.05) is 42.5 Å². The Hall–Kier alpha value is -5.18. The molecule has 190 valence electrons. The number of nitrogens with zero attached hydrogens (tertiary/aromatic N) is 2. The summed E-state index contributed by atoms with van der Waals surface area (Å²) in [5, 5.41) is 34.2. The molecule has 1 saturated heterocycles. The first kappa shape index (κ1) is 24.5. The molecule has 4 aromatic carbocycles. The molecule has 9 nitrogen and oxygen atoms in total. The Morgan fingerprint density at radius 1 is 1.00 bits per heavy atom. The van der Waals surface area contributed by atoms with Gasteiger partial charge in [-0.25, -0.2) is 0 Å². The summed E-state index contributed by atoms with van der Waals surface area (Å²) in [5.74, 6) is -2.19. The molecule has 1 fully saturated rings. The summed E-state index contributed by atoms with van der Waals surface area (Å²) in [6.45, 7) is 2.02. The maximum Gasteiger partial charge on any atom is 0.300 e. The van der Waals surface area contributed by atoms with Gasteiger partial charge >= 0.3 is 0 Å². The fraction of sp³-hybridized carbons (Fsp3) is 0.103. The summed E-state index contributed by atoms with van der Waals surface area (Å²) in [6, 6.07) is 21.2. The molecular formula is C29H22N2O7. The predicted octanol–water partition coefficient (Wildman–Crippen LogP) is 5.48. The van der Waals surface area contributed by atoms with Crippen LogP contribution < -0.4 is 9.64 Å². The summed E-state index contributed by atoms with van der Waals surface area (Å²) < 4.78 is 5.54. The van der Waals surface area contributed by atoms with E-state index in [1.54, 1.807) is 25.1 Å². The van der Waals surface area contributed by atoms with E-state index in [2.05, 4.69) is 0 Å². The van der Waals surface area contributed by atoms with E-state index >= 15 is 0 Å². The Bertz CT molecular complexity index is 1620. The molecule has 0 spiro atoms. The van der Waals surface area contributed by atoms with Crippen molar-refractivity contribution in [3.05, 3.63) is 112 Å². The van der Waals surface area contributed by atoms with Crippen molar-refractivity contribution in [2.45, 2.75) is 13.0 Å². The van der Waals surface area contributed by atoms with Crippen LogP contribution >= 0.6 is 0 Å². The number of nitro benzene ring substituents is 1. The van der Waals surface area contributed by atoms with E-state index in [0.717, 1.165) is 10.8 Å². The number of aliphatic hydroxyl groups excluding tert-OH is 1. The Balaban J connectivity index is 1.76. The third-order valence-corrected chi connectivity index (χ3v) is 6.42. The van der Waals surface area contributed by atoms with Crippen LogP contribution in [0.4, 0.5) is 11.4 Å². The van der Waals surface area contributed by atoms with Crippen LogP contribution in [0, 0.1) is 10.1 Å². The van der Waals surface area contributed by atoms with E-state index < -0.39 is 28.4 Å². The molecule has 0 bridgehead atoms. The Morgan fingerprint density at radius 2 is 1.71 bits per heavy atom. The maximum atomic E-state index is 13.6. The molecule has 4 aromatic rings. The molecule has 1 unspecified atom stereocenters. The van der Waals surface area contributed by atoms with E-state index in [9.17, 15) is 29.9 Å². The van der Waals surface area contributed by atoms with Gasteiger partial charge in [0.1, 0.15) is 5.76 Å². The molecule has 1 aliphatic heterocycles. The molecule has 0 aromatic heterocycles. The number of anilines is 1. The molecule has 1 amide bonds. The van der Waals surface area contributed by atoms with Gasteiger partial charge in [0, 0.05) is 23.1 Å². The third-order valence-electron chi connectivity index (χ3n) is 6.42. The molecule has 5 rings (SSSR count). The van der Waals surface area contributed by atoms with E-state index in [-0.39, 0.29) is 34.9 Å². The number of aromatic hydroxyl groups is 1. The van der Waals surface area contributed by atoms with Crippen LogP contribution in [-0.4, -0.2) is 33.4 Å². The second-order valence-electron chi connectivity index (χ2n) is 8.63. The molecule has 38 heavy (non-hydrogen) atoms. The van der Waals surface area contributed by atoms with Gasteiger partial charge < -0.3 is 14.9 Å². The molecular weight excluding hydrogens is 488 g/mol. The fourth-order valence-corrected chi connectivity index (χ4v) is 4.68. The molecule has 2 N–H and O–H groups in total. The second kappa shape index (κ2) is 9.70. The number of carbonyl (C=O) groups is 2. The lowest BCUT2D eigenvalue weighted by atomic mass is 9.94. The number of benzene rings is 4. The topological polar surface area (TPSA) is 130 Å². The van der Waals surface area contributed by atoms with Crippen LogP contribution in [0.1, 0.15) is 24.1 Å². The first-order valence-electron chi connectivity index (χ1n) is 11.8. The van der Waals surface area contributed by atoms with Crippen LogP contribution in [0.15, 0.2) is 90.5 Å². The molecule has 0 saturated carbocycles. The summed E-state index contributed by atoms with van der Waals surface area (Å²) in [4.78, 5) is 38.9. The minimum Gasteiger partial charge on any atom is -0.507 e. The van der Waals surface area contributed by atoms with E-state index in [1.165, 1.54) is 41.3 Å². The number of fused-ring (bicyclic) bond motifs is 1. The molecule has 1 aliphatic rings. The van der Waals surface area contributed by atoms with Crippen molar-refractivity contribution >= 4 is 39.6 Å². The molecule has 0 aliphatic carbocycles. The Morgan fingerprint density at radius 3 is 2.42 bits per heavy atom. The number of phenols is 1. The van der Waals surface area contributed by atoms with Gasteiger partial charge in [0.15, 0.2) is 11.5 Å². The van der Waals surface area contributed by atoms with Gasteiger partial charge in [-0.3, -0.25) is 24.6 Å². The summed E-state index contributed by atoms with van der Waals surface area (Å²) in [7, 11) is 0. The molecule has 0 radical (unpaired) electrons. The van der Waals surface area contributed by atoms with Crippen LogP contribution in [0.5, 0.6) is 11.5 Å². The van der Waals surface area contributed by atoms with Crippen molar-refractivity contribution in [1.82, 2.24) is 0 Å². The zero-order valence-corrected chi connectivity index (χ0v) is 20.2. The van der Waals surface area contributed by atoms with E-state index in [4.69, 9.17) is 4.74 Å². The maximum absolute atomic E-state index is 13.6.